The predicted octanol–water partition coefficient (Wildman–Crippen LogP) is 4.92. The van der Waals surface area contributed by atoms with Crippen LogP contribution in [0.15, 0.2) is 42.5 Å². The van der Waals surface area contributed by atoms with Gasteiger partial charge in [-0.3, -0.25) is 4.79 Å². The van der Waals surface area contributed by atoms with Crippen LogP contribution in [0.3, 0.4) is 0 Å². The molecule has 2 rings (SSSR count). The fourth-order valence-electron chi connectivity index (χ4n) is 2.05. The fraction of sp³-hybridized carbons (Fsp3) is 0.188. The molecule has 5 heteroatoms. The zero-order valence-electron chi connectivity index (χ0n) is 11.6. The van der Waals surface area contributed by atoms with E-state index in [1.54, 1.807) is 18.0 Å². The van der Waals surface area contributed by atoms with Gasteiger partial charge in [0.05, 0.1) is 11.6 Å². The summed E-state index contributed by atoms with van der Waals surface area (Å²) in [5.41, 5.74) is 1.37. The van der Waals surface area contributed by atoms with Crippen LogP contribution < -0.4 is 0 Å². The molecule has 110 valence electrons. The van der Waals surface area contributed by atoms with Gasteiger partial charge in [0.2, 0.25) is 0 Å². The van der Waals surface area contributed by atoms with E-state index in [-0.39, 0.29) is 17.8 Å². The van der Waals surface area contributed by atoms with Crippen LogP contribution in [-0.4, -0.2) is 17.9 Å². The van der Waals surface area contributed by atoms with Gasteiger partial charge in [0.15, 0.2) is 0 Å². The van der Waals surface area contributed by atoms with Crippen LogP contribution in [0.2, 0.25) is 5.02 Å². The molecule has 0 bridgehead atoms. The SMILES string of the molecule is CC(c1ccccc1Cl)N(C)C(=O)c1ccc(F)cc1I. The van der Waals surface area contributed by atoms with E-state index >= 15 is 0 Å². The van der Waals surface area contributed by atoms with Gasteiger partial charge in [-0.2, -0.15) is 0 Å². The van der Waals surface area contributed by atoms with Crippen molar-refractivity contribution in [3.63, 3.8) is 0 Å². The van der Waals surface area contributed by atoms with Crippen LogP contribution in [-0.2, 0) is 0 Å². The number of nitrogens with zero attached hydrogens (tertiary/aromatic N) is 1. The lowest BCUT2D eigenvalue weighted by molar-refractivity contribution is 0.0741. The van der Waals surface area contributed by atoms with E-state index in [1.807, 2.05) is 47.7 Å². The summed E-state index contributed by atoms with van der Waals surface area (Å²) in [6.07, 6.45) is 0. The maximum Gasteiger partial charge on any atom is 0.255 e. The van der Waals surface area contributed by atoms with Crippen LogP contribution >= 0.6 is 34.2 Å². The molecule has 2 aromatic rings. The van der Waals surface area contributed by atoms with Gasteiger partial charge in [-0.25, -0.2) is 4.39 Å². The van der Waals surface area contributed by atoms with Crippen molar-refractivity contribution in [3.05, 3.63) is 68.0 Å². The van der Waals surface area contributed by atoms with E-state index in [9.17, 15) is 9.18 Å². The average Bonchev–Trinajstić information content (AvgIpc) is 2.45. The van der Waals surface area contributed by atoms with Gasteiger partial charge in [0, 0.05) is 15.6 Å². The highest BCUT2D eigenvalue weighted by molar-refractivity contribution is 14.1. The molecular formula is C16H14ClFINO. The second-order valence-electron chi connectivity index (χ2n) is 4.74. The summed E-state index contributed by atoms with van der Waals surface area (Å²) >= 11 is 8.14. The molecule has 0 aromatic heterocycles. The molecule has 0 N–H and O–H groups in total. The Balaban J connectivity index is 2.29. The molecule has 1 atom stereocenters. The van der Waals surface area contributed by atoms with Crippen LogP contribution in [0.1, 0.15) is 28.9 Å². The first kappa shape index (κ1) is 16.2. The summed E-state index contributed by atoms with van der Waals surface area (Å²) in [5, 5.41) is 0.624. The van der Waals surface area contributed by atoms with Crippen molar-refractivity contribution < 1.29 is 9.18 Å². The molecule has 0 heterocycles. The maximum atomic E-state index is 13.1. The van der Waals surface area contributed by atoms with Crippen molar-refractivity contribution in [2.24, 2.45) is 0 Å². The Morgan fingerprint density at radius 2 is 1.95 bits per heavy atom. The molecule has 1 unspecified atom stereocenters. The second kappa shape index (κ2) is 6.75. The van der Waals surface area contributed by atoms with Crippen molar-refractivity contribution in [2.75, 3.05) is 7.05 Å². The molecule has 0 fully saturated rings. The number of benzene rings is 2. The standard InChI is InChI=1S/C16H14ClFINO/c1-10(12-5-3-4-6-14(12)17)20(2)16(21)13-8-7-11(18)9-15(13)19/h3-10H,1-2H3. The topological polar surface area (TPSA) is 20.3 Å². The van der Waals surface area contributed by atoms with E-state index in [0.29, 0.717) is 14.2 Å². The van der Waals surface area contributed by atoms with Crippen molar-refractivity contribution >= 4 is 40.1 Å². The molecule has 1 amide bonds. The first-order valence-corrected chi connectivity index (χ1v) is 7.84. The van der Waals surface area contributed by atoms with E-state index in [4.69, 9.17) is 11.6 Å². The van der Waals surface area contributed by atoms with E-state index < -0.39 is 0 Å². The molecule has 0 saturated heterocycles. The van der Waals surface area contributed by atoms with Crippen LogP contribution in [0, 0.1) is 9.39 Å². The molecule has 2 aromatic carbocycles. The Morgan fingerprint density at radius 3 is 2.57 bits per heavy atom. The molecule has 2 nitrogen and oxygen atoms in total. The molecule has 0 aliphatic rings. The first-order valence-electron chi connectivity index (χ1n) is 6.38. The monoisotopic (exact) mass is 417 g/mol. The summed E-state index contributed by atoms with van der Waals surface area (Å²) in [6, 6.07) is 11.4. The van der Waals surface area contributed by atoms with Crippen molar-refractivity contribution in [1.82, 2.24) is 4.90 Å². The lowest BCUT2D eigenvalue weighted by Gasteiger charge is -2.26. The quantitative estimate of drug-likeness (QED) is 0.649. The Hall–Kier alpha value is -1.14. The van der Waals surface area contributed by atoms with Crippen molar-refractivity contribution in [2.45, 2.75) is 13.0 Å². The lowest BCUT2D eigenvalue weighted by Crippen LogP contribution is -2.30. The maximum absolute atomic E-state index is 13.1. The Kier molecular flexibility index (Phi) is 5.22. The van der Waals surface area contributed by atoms with E-state index in [0.717, 1.165) is 5.56 Å². The van der Waals surface area contributed by atoms with E-state index in [2.05, 4.69) is 0 Å². The fourth-order valence-corrected chi connectivity index (χ4v) is 3.05. The summed E-state index contributed by atoms with van der Waals surface area (Å²) in [5.74, 6) is -0.510. The molecule has 0 aliphatic carbocycles. The van der Waals surface area contributed by atoms with Gasteiger partial charge in [-0.05, 0) is 59.3 Å². The van der Waals surface area contributed by atoms with Gasteiger partial charge < -0.3 is 4.90 Å². The Labute approximate surface area is 142 Å². The van der Waals surface area contributed by atoms with Gasteiger partial charge in [-0.1, -0.05) is 29.8 Å². The minimum atomic E-state index is -0.349. The van der Waals surface area contributed by atoms with E-state index in [1.165, 1.54) is 18.2 Å². The van der Waals surface area contributed by atoms with Gasteiger partial charge in [0.25, 0.3) is 5.91 Å². The van der Waals surface area contributed by atoms with Crippen LogP contribution in [0.25, 0.3) is 0 Å². The normalized spacial score (nSPS) is 12.0. The highest BCUT2D eigenvalue weighted by atomic mass is 127. The number of hydrogen-bond acceptors (Lipinski definition) is 1. The third-order valence-electron chi connectivity index (χ3n) is 3.42. The lowest BCUT2D eigenvalue weighted by atomic mass is 10.1. The largest absolute Gasteiger partial charge is 0.335 e. The summed E-state index contributed by atoms with van der Waals surface area (Å²) in [4.78, 5) is 14.2. The number of halogens is 3. The molecule has 0 aliphatic heterocycles. The summed E-state index contributed by atoms with van der Waals surface area (Å²) in [6.45, 7) is 1.91. The Bertz CT molecular complexity index is 677. The number of amides is 1. The van der Waals surface area contributed by atoms with Gasteiger partial charge in [0.1, 0.15) is 5.82 Å². The Morgan fingerprint density at radius 1 is 1.29 bits per heavy atom. The zero-order valence-corrected chi connectivity index (χ0v) is 14.5. The second-order valence-corrected chi connectivity index (χ2v) is 6.31. The van der Waals surface area contributed by atoms with Gasteiger partial charge in [-0.15, -0.1) is 0 Å². The third-order valence-corrected chi connectivity index (χ3v) is 4.65. The highest BCUT2D eigenvalue weighted by Gasteiger charge is 2.22. The molecule has 0 saturated carbocycles. The zero-order chi connectivity index (χ0) is 15.6. The number of hydrogen-bond donors (Lipinski definition) is 0. The molecule has 21 heavy (non-hydrogen) atoms. The minimum Gasteiger partial charge on any atom is -0.335 e. The summed E-state index contributed by atoms with van der Waals surface area (Å²) < 4.78 is 13.7. The van der Waals surface area contributed by atoms with Gasteiger partial charge >= 0.3 is 0 Å². The molecule has 0 spiro atoms. The molecule has 0 radical (unpaired) electrons. The number of carbonyl (C=O) groups is 1. The first-order chi connectivity index (χ1) is 9.91. The number of rotatable bonds is 3. The predicted molar refractivity (Wildman–Crippen MR) is 91.1 cm³/mol. The summed E-state index contributed by atoms with van der Waals surface area (Å²) in [7, 11) is 1.72. The van der Waals surface area contributed by atoms with Crippen LogP contribution in [0.5, 0.6) is 0 Å². The average molecular weight is 418 g/mol. The number of carbonyl (C=O) groups excluding carboxylic acids is 1. The van der Waals surface area contributed by atoms with Crippen molar-refractivity contribution in [1.29, 1.82) is 0 Å². The molecular weight excluding hydrogens is 404 g/mol. The smallest absolute Gasteiger partial charge is 0.255 e. The van der Waals surface area contributed by atoms with Crippen LogP contribution in [0.4, 0.5) is 4.39 Å². The minimum absolute atomic E-state index is 0.160. The highest BCUT2D eigenvalue weighted by Crippen LogP contribution is 2.28. The third kappa shape index (κ3) is 3.55. The van der Waals surface area contributed by atoms with Crippen molar-refractivity contribution in [3.8, 4) is 0 Å².